The molecule has 0 aliphatic carbocycles. The Labute approximate surface area is 159 Å². The van der Waals surface area contributed by atoms with Gasteiger partial charge in [0.2, 0.25) is 0 Å². The number of nitrogens with zero attached hydrogens (tertiary/aromatic N) is 2. The molecule has 0 amide bonds. The normalized spacial score (nSPS) is 24.0. The van der Waals surface area contributed by atoms with Gasteiger partial charge in [-0.1, -0.05) is 25.1 Å². The molecule has 0 fully saturated rings. The summed E-state index contributed by atoms with van der Waals surface area (Å²) >= 11 is 0. The summed E-state index contributed by atoms with van der Waals surface area (Å²) in [5.41, 5.74) is 4.36. The van der Waals surface area contributed by atoms with E-state index in [-0.39, 0.29) is 17.4 Å². The molecule has 5 heteroatoms. The van der Waals surface area contributed by atoms with Crippen LogP contribution in [0.15, 0.2) is 36.0 Å². The molecule has 2 aliphatic rings. The van der Waals surface area contributed by atoms with Crippen molar-refractivity contribution in [1.82, 2.24) is 9.88 Å². The van der Waals surface area contributed by atoms with Gasteiger partial charge in [0.05, 0.1) is 24.8 Å². The highest BCUT2D eigenvalue weighted by molar-refractivity contribution is 5.89. The molecule has 0 spiro atoms. The third kappa shape index (κ3) is 2.71. The van der Waals surface area contributed by atoms with E-state index in [1.807, 2.05) is 6.20 Å². The maximum atomic E-state index is 12.3. The quantitative estimate of drug-likeness (QED) is 0.826. The van der Waals surface area contributed by atoms with Crippen LogP contribution in [0.25, 0.3) is 10.9 Å². The van der Waals surface area contributed by atoms with E-state index < -0.39 is 0 Å². The van der Waals surface area contributed by atoms with Crippen molar-refractivity contribution in [2.24, 2.45) is 5.41 Å². The molecule has 0 radical (unpaired) electrons. The van der Waals surface area contributed by atoms with Gasteiger partial charge in [0.1, 0.15) is 0 Å². The van der Waals surface area contributed by atoms with Crippen molar-refractivity contribution in [3.63, 3.8) is 0 Å². The number of rotatable bonds is 4. The highest BCUT2D eigenvalue weighted by Crippen LogP contribution is 2.54. The maximum Gasteiger partial charge on any atom is 0.335 e. The number of esters is 1. The Morgan fingerprint density at radius 2 is 2.26 bits per heavy atom. The van der Waals surface area contributed by atoms with Gasteiger partial charge < -0.3 is 14.6 Å². The zero-order valence-corrected chi connectivity index (χ0v) is 15.9. The summed E-state index contributed by atoms with van der Waals surface area (Å²) in [5.74, 6) is -0.259. The molecule has 27 heavy (non-hydrogen) atoms. The standard InChI is InChI=1S/C22H25N3O2/c1-3-22(10-6-11-23)13-15(21(26)27-2)14-25-12-9-17-16-7-4-5-8-18(16)24-19(17)20(22)25/h4-5,7-8,14,20,24H,3,6,9-10,12-13H2,1-2H3/t20-,22-/m0/s1. The van der Waals surface area contributed by atoms with E-state index in [1.165, 1.54) is 23.8 Å². The highest BCUT2D eigenvalue weighted by Gasteiger charge is 2.48. The summed E-state index contributed by atoms with van der Waals surface area (Å²) in [6.07, 6.45) is 5.74. The second-order valence-corrected chi connectivity index (χ2v) is 7.65. The van der Waals surface area contributed by atoms with Crippen LogP contribution in [0.5, 0.6) is 0 Å². The van der Waals surface area contributed by atoms with E-state index >= 15 is 0 Å². The second kappa shape index (κ2) is 6.77. The summed E-state index contributed by atoms with van der Waals surface area (Å²) in [7, 11) is 1.43. The van der Waals surface area contributed by atoms with Gasteiger partial charge in [0.25, 0.3) is 0 Å². The minimum atomic E-state index is -0.259. The number of hydrogen-bond donors (Lipinski definition) is 1. The van der Waals surface area contributed by atoms with Crippen LogP contribution in [0.3, 0.4) is 0 Å². The van der Waals surface area contributed by atoms with Crippen molar-refractivity contribution in [2.75, 3.05) is 13.7 Å². The van der Waals surface area contributed by atoms with Crippen molar-refractivity contribution >= 4 is 16.9 Å². The molecular weight excluding hydrogens is 338 g/mol. The molecule has 0 bridgehead atoms. The Kier molecular flexibility index (Phi) is 4.43. The molecule has 5 nitrogen and oxygen atoms in total. The summed E-state index contributed by atoms with van der Waals surface area (Å²) in [6.45, 7) is 3.04. The van der Waals surface area contributed by atoms with Crippen LogP contribution in [-0.2, 0) is 16.0 Å². The summed E-state index contributed by atoms with van der Waals surface area (Å²) < 4.78 is 5.02. The van der Waals surface area contributed by atoms with E-state index in [4.69, 9.17) is 4.74 Å². The van der Waals surface area contributed by atoms with Crippen molar-refractivity contribution in [1.29, 1.82) is 5.26 Å². The molecule has 4 rings (SSSR count). The topological polar surface area (TPSA) is 69.1 Å². The van der Waals surface area contributed by atoms with Crippen molar-refractivity contribution < 1.29 is 9.53 Å². The molecule has 1 aromatic carbocycles. The highest BCUT2D eigenvalue weighted by atomic mass is 16.5. The molecule has 0 saturated carbocycles. The smallest absolute Gasteiger partial charge is 0.335 e. The van der Waals surface area contributed by atoms with Crippen LogP contribution in [-0.4, -0.2) is 29.5 Å². The van der Waals surface area contributed by atoms with Crippen LogP contribution in [0, 0.1) is 16.7 Å². The number of methoxy groups -OCH3 is 1. The predicted molar refractivity (Wildman–Crippen MR) is 104 cm³/mol. The van der Waals surface area contributed by atoms with Gasteiger partial charge in [-0.2, -0.15) is 5.26 Å². The van der Waals surface area contributed by atoms with Crippen LogP contribution in [0.1, 0.15) is 49.9 Å². The Bertz CT molecular complexity index is 952. The van der Waals surface area contributed by atoms with E-state index in [9.17, 15) is 10.1 Å². The molecule has 0 saturated heterocycles. The number of hydrogen-bond acceptors (Lipinski definition) is 4. The fourth-order valence-electron chi connectivity index (χ4n) is 5.06. The van der Waals surface area contributed by atoms with Gasteiger partial charge >= 0.3 is 5.97 Å². The molecule has 140 valence electrons. The number of para-hydroxylation sites is 1. The zero-order chi connectivity index (χ0) is 19.0. The summed E-state index contributed by atoms with van der Waals surface area (Å²) in [5, 5.41) is 10.5. The second-order valence-electron chi connectivity index (χ2n) is 7.65. The monoisotopic (exact) mass is 363 g/mol. The zero-order valence-electron chi connectivity index (χ0n) is 15.9. The number of fused-ring (bicyclic) bond motifs is 5. The third-order valence-electron chi connectivity index (χ3n) is 6.40. The van der Waals surface area contributed by atoms with E-state index in [0.717, 1.165) is 31.3 Å². The lowest BCUT2D eigenvalue weighted by Crippen LogP contribution is -2.46. The number of ether oxygens (including phenoxy) is 1. The van der Waals surface area contributed by atoms with Gasteiger partial charge in [0, 0.05) is 41.2 Å². The Hall–Kier alpha value is -2.74. The summed E-state index contributed by atoms with van der Waals surface area (Å²) in [4.78, 5) is 18.3. The van der Waals surface area contributed by atoms with E-state index in [0.29, 0.717) is 18.4 Å². The average molecular weight is 363 g/mol. The molecule has 2 atom stereocenters. The van der Waals surface area contributed by atoms with Gasteiger partial charge in [-0.05, 0) is 37.3 Å². The van der Waals surface area contributed by atoms with Gasteiger partial charge in [-0.25, -0.2) is 4.79 Å². The first-order valence-corrected chi connectivity index (χ1v) is 9.64. The fourth-order valence-corrected chi connectivity index (χ4v) is 5.06. The molecule has 1 aromatic heterocycles. The minimum absolute atomic E-state index is 0.153. The fraction of sp³-hybridized carbons (Fsp3) is 0.455. The van der Waals surface area contributed by atoms with Crippen LogP contribution < -0.4 is 0 Å². The number of carbonyl (C=O) groups is 1. The van der Waals surface area contributed by atoms with Gasteiger partial charge in [-0.3, -0.25) is 0 Å². The number of nitrogens with one attached hydrogen (secondary N) is 1. The molecule has 2 aliphatic heterocycles. The lowest BCUT2D eigenvalue weighted by atomic mass is 9.65. The number of aromatic nitrogens is 1. The van der Waals surface area contributed by atoms with Crippen molar-refractivity contribution in [3.8, 4) is 6.07 Å². The number of benzene rings is 1. The Morgan fingerprint density at radius 3 is 3.00 bits per heavy atom. The first-order valence-electron chi connectivity index (χ1n) is 9.64. The molecule has 1 N–H and O–H groups in total. The first-order chi connectivity index (χ1) is 13.1. The number of nitriles is 1. The minimum Gasteiger partial charge on any atom is -0.466 e. The third-order valence-corrected chi connectivity index (χ3v) is 6.40. The van der Waals surface area contributed by atoms with Gasteiger partial charge in [-0.15, -0.1) is 0 Å². The Balaban J connectivity index is 1.88. The lowest BCUT2D eigenvalue weighted by molar-refractivity contribution is -0.137. The SMILES string of the molecule is CC[C@]1(CCC#N)CC(C(=O)OC)=CN2CCc3c([nH]c4ccccc34)[C@H]21. The summed E-state index contributed by atoms with van der Waals surface area (Å²) in [6, 6.07) is 10.9. The number of H-pyrrole nitrogens is 1. The van der Waals surface area contributed by atoms with Crippen LogP contribution >= 0.6 is 0 Å². The largest absolute Gasteiger partial charge is 0.466 e. The van der Waals surface area contributed by atoms with Crippen LogP contribution in [0.4, 0.5) is 0 Å². The predicted octanol–water partition coefficient (Wildman–Crippen LogP) is 4.23. The number of aromatic amines is 1. The molecule has 3 heterocycles. The maximum absolute atomic E-state index is 12.3. The molecule has 2 aromatic rings. The van der Waals surface area contributed by atoms with E-state index in [2.05, 4.69) is 47.1 Å². The van der Waals surface area contributed by atoms with Crippen LogP contribution in [0.2, 0.25) is 0 Å². The van der Waals surface area contributed by atoms with Crippen molar-refractivity contribution in [2.45, 2.75) is 45.1 Å². The molecular formula is C22H25N3O2. The lowest BCUT2D eigenvalue weighted by Gasteiger charge is -2.51. The number of carbonyl (C=O) groups excluding carboxylic acids is 1. The van der Waals surface area contributed by atoms with E-state index in [1.54, 1.807) is 0 Å². The average Bonchev–Trinajstić information content (AvgIpc) is 3.09. The van der Waals surface area contributed by atoms with Gasteiger partial charge in [0.15, 0.2) is 0 Å². The Morgan fingerprint density at radius 1 is 1.44 bits per heavy atom. The first kappa shape index (κ1) is 17.7. The molecule has 0 unspecified atom stereocenters. The van der Waals surface area contributed by atoms with Crippen molar-refractivity contribution in [3.05, 3.63) is 47.3 Å².